The summed E-state index contributed by atoms with van der Waals surface area (Å²) in [6.45, 7) is 1.41. The van der Waals surface area contributed by atoms with Crippen LogP contribution in [0.1, 0.15) is 22.8 Å². The van der Waals surface area contributed by atoms with E-state index < -0.39 is 28.0 Å². The Morgan fingerprint density at radius 1 is 0.970 bits per heavy atom. The van der Waals surface area contributed by atoms with Crippen LogP contribution in [0.25, 0.3) is 0 Å². The lowest BCUT2D eigenvalue weighted by Crippen LogP contribution is -2.31. The first-order chi connectivity index (χ1) is 15.7. The molecule has 3 aromatic carbocycles. The van der Waals surface area contributed by atoms with Crippen molar-refractivity contribution in [2.45, 2.75) is 24.5 Å². The molecule has 2 N–H and O–H groups in total. The van der Waals surface area contributed by atoms with E-state index in [0.29, 0.717) is 11.4 Å². The van der Waals surface area contributed by atoms with Crippen LogP contribution in [0, 0.1) is 0 Å². The molecule has 8 nitrogen and oxygen atoms in total. The van der Waals surface area contributed by atoms with E-state index in [2.05, 4.69) is 0 Å². The fourth-order valence-electron chi connectivity index (χ4n) is 3.01. The van der Waals surface area contributed by atoms with E-state index in [9.17, 15) is 18.0 Å². The molecule has 33 heavy (non-hydrogen) atoms. The van der Waals surface area contributed by atoms with E-state index >= 15 is 0 Å². The predicted octanol–water partition coefficient (Wildman–Crippen LogP) is 3.12. The Hall–Kier alpha value is -3.85. The van der Waals surface area contributed by atoms with E-state index in [1.165, 1.54) is 42.6 Å². The zero-order chi connectivity index (χ0) is 24.0. The van der Waals surface area contributed by atoms with Crippen molar-refractivity contribution in [3.05, 3.63) is 90.0 Å². The minimum absolute atomic E-state index is 0.0152. The predicted molar refractivity (Wildman–Crippen MR) is 123 cm³/mol. The standard InChI is InChI=1S/C24H24N2O6S/c1-17(23(25)27)32-24(28)19-9-6-10-22(15-19)33(29,30)26(16-18-7-4-3-5-8-18)20-11-13-21(31-2)14-12-20/h3-15,17H,16H2,1-2H3,(H2,25,27). The Morgan fingerprint density at radius 3 is 2.24 bits per heavy atom. The number of benzene rings is 3. The number of hydrogen-bond acceptors (Lipinski definition) is 6. The van der Waals surface area contributed by atoms with Crippen LogP contribution >= 0.6 is 0 Å². The van der Waals surface area contributed by atoms with Crippen LogP contribution in [0.2, 0.25) is 0 Å². The number of anilines is 1. The molecule has 1 atom stereocenters. The first kappa shape index (κ1) is 23.8. The molecule has 0 aliphatic heterocycles. The monoisotopic (exact) mass is 468 g/mol. The second-order valence-corrected chi connectivity index (χ2v) is 9.04. The van der Waals surface area contributed by atoms with Crippen molar-refractivity contribution in [1.29, 1.82) is 0 Å². The number of rotatable bonds is 9. The molecular formula is C24H24N2O6S. The Kier molecular flexibility index (Phi) is 7.34. The lowest BCUT2D eigenvalue weighted by molar-refractivity contribution is -0.125. The number of nitrogens with two attached hydrogens (primary N) is 1. The van der Waals surface area contributed by atoms with Gasteiger partial charge in [-0.25, -0.2) is 13.2 Å². The van der Waals surface area contributed by atoms with Crippen LogP contribution < -0.4 is 14.8 Å². The minimum atomic E-state index is -4.08. The Labute approximate surface area is 192 Å². The number of sulfonamides is 1. The molecule has 1 amide bonds. The van der Waals surface area contributed by atoms with Gasteiger partial charge in [-0.05, 0) is 55.0 Å². The number of ether oxygens (including phenoxy) is 2. The van der Waals surface area contributed by atoms with Crippen LogP contribution in [0.4, 0.5) is 5.69 Å². The molecule has 0 bridgehead atoms. The molecule has 1 unspecified atom stereocenters. The summed E-state index contributed by atoms with van der Waals surface area (Å²) in [5.74, 6) is -1.07. The summed E-state index contributed by atoms with van der Waals surface area (Å²) >= 11 is 0. The van der Waals surface area contributed by atoms with Crippen molar-refractivity contribution >= 4 is 27.6 Å². The Balaban J connectivity index is 2.00. The van der Waals surface area contributed by atoms with Crippen LogP contribution in [-0.2, 0) is 26.1 Å². The number of methoxy groups -OCH3 is 1. The molecule has 0 heterocycles. The zero-order valence-electron chi connectivity index (χ0n) is 18.2. The highest BCUT2D eigenvalue weighted by atomic mass is 32.2. The van der Waals surface area contributed by atoms with Crippen molar-refractivity contribution in [2.24, 2.45) is 5.73 Å². The van der Waals surface area contributed by atoms with Gasteiger partial charge in [-0.15, -0.1) is 0 Å². The zero-order valence-corrected chi connectivity index (χ0v) is 19.0. The number of primary amides is 1. The largest absolute Gasteiger partial charge is 0.497 e. The lowest BCUT2D eigenvalue weighted by Gasteiger charge is -2.25. The molecule has 0 aromatic heterocycles. The summed E-state index contributed by atoms with van der Waals surface area (Å²) in [5, 5.41) is 0. The van der Waals surface area contributed by atoms with E-state index in [-0.39, 0.29) is 17.0 Å². The minimum Gasteiger partial charge on any atom is -0.497 e. The third kappa shape index (κ3) is 5.69. The molecule has 3 rings (SSSR count). The molecule has 0 fully saturated rings. The second-order valence-electron chi connectivity index (χ2n) is 7.17. The summed E-state index contributed by atoms with van der Waals surface area (Å²) in [6.07, 6.45) is -1.15. The fourth-order valence-corrected chi connectivity index (χ4v) is 4.51. The topological polar surface area (TPSA) is 116 Å². The van der Waals surface area contributed by atoms with Crippen LogP contribution in [-0.4, -0.2) is 33.5 Å². The number of hydrogen-bond donors (Lipinski definition) is 1. The summed E-state index contributed by atoms with van der Waals surface area (Å²) < 4.78 is 38.8. The SMILES string of the molecule is COc1ccc(N(Cc2ccccc2)S(=O)(=O)c2cccc(C(=O)OC(C)C(N)=O)c2)cc1. The highest BCUT2D eigenvalue weighted by Gasteiger charge is 2.27. The van der Waals surface area contributed by atoms with Crippen molar-refractivity contribution in [2.75, 3.05) is 11.4 Å². The summed E-state index contributed by atoms with van der Waals surface area (Å²) in [5.41, 5.74) is 6.32. The summed E-state index contributed by atoms with van der Waals surface area (Å²) in [4.78, 5) is 23.5. The third-order valence-corrected chi connectivity index (χ3v) is 6.64. The smallest absolute Gasteiger partial charge is 0.338 e. The highest BCUT2D eigenvalue weighted by molar-refractivity contribution is 7.92. The van der Waals surface area contributed by atoms with Crippen LogP contribution in [0.3, 0.4) is 0 Å². The van der Waals surface area contributed by atoms with Gasteiger partial charge in [0, 0.05) is 0 Å². The summed E-state index contributed by atoms with van der Waals surface area (Å²) in [7, 11) is -2.55. The average molecular weight is 469 g/mol. The van der Waals surface area contributed by atoms with Gasteiger partial charge in [0.15, 0.2) is 6.10 Å². The molecule has 0 spiro atoms. The molecule has 3 aromatic rings. The van der Waals surface area contributed by atoms with Crippen molar-refractivity contribution in [1.82, 2.24) is 0 Å². The Morgan fingerprint density at radius 2 is 1.64 bits per heavy atom. The van der Waals surface area contributed by atoms with Crippen LogP contribution in [0.5, 0.6) is 5.75 Å². The summed E-state index contributed by atoms with van der Waals surface area (Å²) in [6, 6.07) is 21.2. The van der Waals surface area contributed by atoms with Gasteiger partial charge in [0.05, 0.1) is 29.8 Å². The first-order valence-corrected chi connectivity index (χ1v) is 11.5. The van der Waals surface area contributed by atoms with E-state index in [4.69, 9.17) is 15.2 Å². The van der Waals surface area contributed by atoms with Crippen molar-refractivity contribution < 1.29 is 27.5 Å². The lowest BCUT2D eigenvalue weighted by atomic mass is 10.2. The number of esters is 1. The molecule has 172 valence electrons. The van der Waals surface area contributed by atoms with Crippen molar-refractivity contribution in [3.63, 3.8) is 0 Å². The molecule has 0 aliphatic rings. The maximum Gasteiger partial charge on any atom is 0.338 e. The number of amides is 1. The van der Waals surface area contributed by atoms with Gasteiger partial charge in [0.2, 0.25) is 0 Å². The van der Waals surface area contributed by atoms with Gasteiger partial charge < -0.3 is 15.2 Å². The molecular weight excluding hydrogens is 444 g/mol. The Bertz CT molecular complexity index is 1230. The fraction of sp³-hybridized carbons (Fsp3) is 0.167. The number of nitrogens with zero attached hydrogens (tertiary/aromatic N) is 1. The molecule has 0 saturated carbocycles. The average Bonchev–Trinajstić information content (AvgIpc) is 2.83. The highest BCUT2D eigenvalue weighted by Crippen LogP contribution is 2.28. The van der Waals surface area contributed by atoms with Gasteiger partial charge in [-0.3, -0.25) is 9.10 Å². The second kappa shape index (κ2) is 10.2. The van der Waals surface area contributed by atoms with Gasteiger partial charge in [-0.2, -0.15) is 0 Å². The molecule has 0 saturated heterocycles. The van der Waals surface area contributed by atoms with Crippen molar-refractivity contribution in [3.8, 4) is 5.75 Å². The first-order valence-electron chi connectivity index (χ1n) is 10.0. The molecule has 0 radical (unpaired) electrons. The maximum absolute atomic E-state index is 13.7. The number of carbonyl (C=O) groups excluding carboxylic acids is 2. The third-order valence-electron chi connectivity index (χ3n) is 4.87. The molecule has 0 aliphatic carbocycles. The van der Waals surface area contributed by atoms with E-state index in [1.807, 2.05) is 30.3 Å². The van der Waals surface area contributed by atoms with Crippen LogP contribution in [0.15, 0.2) is 83.8 Å². The van der Waals surface area contributed by atoms with Gasteiger partial charge >= 0.3 is 5.97 Å². The van der Waals surface area contributed by atoms with E-state index in [1.54, 1.807) is 24.3 Å². The number of carbonyl (C=O) groups is 2. The van der Waals surface area contributed by atoms with Gasteiger partial charge in [0.1, 0.15) is 5.75 Å². The molecule has 9 heteroatoms. The van der Waals surface area contributed by atoms with E-state index in [0.717, 1.165) is 5.56 Å². The van der Waals surface area contributed by atoms with Gasteiger partial charge in [0.25, 0.3) is 15.9 Å². The van der Waals surface area contributed by atoms with Gasteiger partial charge in [-0.1, -0.05) is 36.4 Å². The quantitative estimate of drug-likeness (QED) is 0.483. The maximum atomic E-state index is 13.7. The normalized spacial score (nSPS) is 11.9.